The summed E-state index contributed by atoms with van der Waals surface area (Å²) in [7, 11) is 0. The van der Waals surface area contributed by atoms with Crippen molar-refractivity contribution in [1.82, 2.24) is 0 Å². The smallest absolute Gasteiger partial charge is 0.0975 e. The van der Waals surface area contributed by atoms with Crippen LogP contribution in [0.25, 0.3) is 0 Å². The van der Waals surface area contributed by atoms with Crippen molar-refractivity contribution in [2.24, 2.45) is 16.6 Å². The van der Waals surface area contributed by atoms with E-state index in [1.165, 1.54) is 12.8 Å². The Kier molecular flexibility index (Phi) is 3.34. The molecule has 2 nitrogen and oxygen atoms in total. The Labute approximate surface area is 81.6 Å². The van der Waals surface area contributed by atoms with Crippen molar-refractivity contribution in [1.29, 1.82) is 0 Å². The summed E-state index contributed by atoms with van der Waals surface area (Å²) >= 11 is 0. The molecule has 0 aliphatic heterocycles. The fraction of sp³-hybridized carbons (Fsp3) is 0.909. The van der Waals surface area contributed by atoms with Crippen molar-refractivity contribution in [3.63, 3.8) is 0 Å². The lowest BCUT2D eigenvalue weighted by Crippen LogP contribution is -2.29. The molecule has 0 aromatic heterocycles. The second kappa shape index (κ2) is 4.12. The first-order valence-corrected chi connectivity index (χ1v) is 5.52. The summed E-state index contributed by atoms with van der Waals surface area (Å²) in [6.45, 7) is 6.62. The van der Waals surface area contributed by atoms with Crippen LogP contribution in [-0.2, 0) is 0 Å². The molecule has 0 aromatic carbocycles. The van der Waals surface area contributed by atoms with E-state index >= 15 is 0 Å². The molecule has 0 spiro atoms. The van der Waals surface area contributed by atoms with Crippen LogP contribution in [0.4, 0.5) is 0 Å². The molecule has 1 aliphatic rings. The second-order valence-corrected chi connectivity index (χ2v) is 4.10. The van der Waals surface area contributed by atoms with Gasteiger partial charge in [-0.05, 0) is 32.1 Å². The predicted molar refractivity (Wildman–Crippen MR) is 58.0 cm³/mol. The van der Waals surface area contributed by atoms with Crippen LogP contribution in [0.15, 0.2) is 4.99 Å². The lowest BCUT2D eigenvalue weighted by Gasteiger charge is -2.26. The fourth-order valence-electron chi connectivity index (χ4n) is 1.73. The third-order valence-corrected chi connectivity index (χ3v) is 3.34. The summed E-state index contributed by atoms with van der Waals surface area (Å²) in [6.07, 6.45) is 5.82. The van der Waals surface area contributed by atoms with E-state index in [2.05, 4.69) is 20.8 Å². The number of hydrogen-bond acceptors (Lipinski definition) is 1. The maximum Gasteiger partial charge on any atom is 0.0975 e. The van der Waals surface area contributed by atoms with Crippen LogP contribution in [-0.4, -0.2) is 11.4 Å². The lowest BCUT2D eigenvalue weighted by molar-refractivity contribution is 0.385. The Morgan fingerprint density at radius 3 is 2.00 bits per heavy atom. The van der Waals surface area contributed by atoms with Crippen molar-refractivity contribution in [2.75, 3.05) is 0 Å². The lowest BCUT2D eigenvalue weighted by atomic mass is 9.90. The van der Waals surface area contributed by atoms with Crippen molar-refractivity contribution >= 4 is 5.84 Å². The Bertz CT molecular complexity index is 180. The normalized spacial score (nSPS) is 19.2. The molecule has 0 radical (unpaired) electrons. The predicted octanol–water partition coefficient (Wildman–Crippen LogP) is 2.72. The molecule has 0 unspecified atom stereocenters. The first-order chi connectivity index (χ1) is 6.17. The molecular weight excluding hydrogens is 160 g/mol. The molecule has 2 heteroatoms. The summed E-state index contributed by atoms with van der Waals surface area (Å²) in [4.78, 5) is 4.72. The van der Waals surface area contributed by atoms with Crippen LogP contribution in [0.1, 0.15) is 52.9 Å². The van der Waals surface area contributed by atoms with Gasteiger partial charge in [0, 0.05) is 5.92 Å². The van der Waals surface area contributed by atoms with Crippen LogP contribution < -0.4 is 5.73 Å². The molecule has 76 valence electrons. The fourth-order valence-corrected chi connectivity index (χ4v) is 1.73. The number of amidine groups is 1. The van der Waals surface area contributed by atoms with E-state index in [-0.39, 0.29) is 5.54 Å². The number of nitrogens with zero attached hydrogens (tertiary/aromatic N) is 1. The molecule has 0 heterocycles. The quantitative estimate of drug-likeness (QED) is 0.515. The van der Waals surface area contributed by atoms with E-state index in [1.807, 2.05) is 0 Å². The largest absolute Gasteiger partial charge is 0.387 e. The van der Waals surface area contributed by atoms with Crippen molar-refractivity contribution < 1.29 is 0 Å². The average molecular weight is 182 g/mol. The molecule has 1 fully saturated rings. The Morgan fingerprint density at radius 1 is 1.23 bits per heavy atom. The first-order valence-electron chi connectivity index (χ1n) is 5.52. The second-order valence-electron chi connectivity index (χ2n) is 4.10. The van der Waals surface area contributed by atoms with E-state index in [0.29, 0.717) is 5.92 Å². The summed E-state index contributed by atoms with van der Waals surface area (Å²) in [5.41, 5.74) is 6.07. The van der Waals surface area contributed by atoms with E-state index in [1.54, 1.807) is 0 Å². The summed E-state index contributed by atoms with van der Waals surface area (Å²) in [5, 5.41) is 0. The molecule has 0 aromatic rings. The Morgan fingerprint density at radius 2 is 1.69 bits per heavy atom. The number of nitrogens with two attached hydrogens (primary N) is 1. The topological polar surface area (TPSA) is 38.4 Å². The molecule has 0 saturated heterocycles. The van der Waals surface area contributed by atoms with E-state index in [9.17, 15) is 0 Å². The van der Waals surface area contributed by atoms with Crippen molar-refractivity contribution in [3.05, 3.63) is 0 Å². The minimum atomic E-state index is 0.132. The molecule has 2 N–H and O–H groups in total. The number of hydrogen-bond donors (Lipinski definition) is 1. The Hall–Kier alpha value is -0.530. The average Bonchev–Trinajstić information content (AvgIpc) is 2.97. The maximum absolute atomic E-state index is 5.94. The third-order valence-electron chi connectivity index (χ3n) is 3.34. The Balaban J connectivity index is 2.68. The van der Waals surface area contributed by atoms with Gasteiger partial charge in [-0.3, -0.25) is 4.99 Å². The van der Waals surface area contributed by atoms with E-state index < -0.39 is 0 Å². The highest BCUT2D eigenvalue weighted by Gasteiger charge is 2.29. The first kappa shape index (κ1) is 10.6. The minimum Gasteiger partial charge on any atom is -0.387 e. The van der Waals surface area contributed by atoms with Gasteiger partial charge in [-0.25, -0.2) is 0 Å². The van der Waals surface area contributed by atoms with Crippen LogP contribution in [0.3, 0.4) is 0 Å². The van der Waals surface area contributed by atoms with Gasteiger partial charge in [-0.2, -0.15) is 0 Å². The molecule has 1 aliphatic carbocycles. The zero-order chi connectivity index (χ0) is 9.90. The van der Waals surface area contributed by atoms with Gasteiger partial charge in [0.05, 0.1) is 11.4 Å². The summed E-state index contributed by atoms with van der Waals surface area (Å²) in [5.74, 6) is 1.52. The standard InChI is InChI=1S/C11H22N2/c1-4-11(5-2,6-3)13-10(12)9-7-8-9/h9H,4-8H2,1-3H3,(H2,12,13). The minimum absolute atomic E-state index is 0.132. The zero-order valence-corrected chi connectivity index (χ0v) is 9.14. The molecule has 1 saturated carbocycles. The van der Waals surface area contributed by atoms with Gasteiger partial charge in [0.2, 0.25) is 0 Å². The molecule has 1 rings (SSSR count). The van der Waals surface area contributed by atoms with Crippen LogP contribution in [0.5, 0.6) is 0 Å². The van der Waals surface area contributed by atoms with Crippen molar-refractivity contribution in [3.8, 4) is 0 Å². The number of rotatable bonds is 5. The molecule has 0 bridgehead atoms. The molecular formula is C11H22N2. The van der Waals surface area contributed by atoms with Gasteiger partial charge in [0.25, 0.3) is 0 Å². The van der Waals surface area contributed by atoms with E-state index in [0.717, 1.165) is 25.1 Å². The highest BCUT2D eigenvalue weighted by Crippen LogP contribution is 2.32. The zero-order valence-electron chi connectivity index (χ0n) is 9.14. The number of aliphatic imine (C=N–C) groups is 1. The SMILES string of the molecule is CCC(CC)(CC)N=C(N)C1CC1. The molecule has 13 heavy (non-hydrogen) atoms. The van der Waals surface area contributed by atoms with Gasteiger partial charge in [-0.1, -0.05) is 20.8 Å². The van der Waals surface area contributed by atoms with E-state index in [4.69, 9.17) is 10.7 Å². The molecule has 0 amide bonds. The van der Waals surface area contributed by atoms with Gasteiger partial charge in [0.1, 0.15) is 0 Å². The van der Waals surface area contributed by atoms with Gasteiger partial charge >= 0.3 is 0 Å². The van der Waals surface area contributed by atoms with Gasteiger partial charge < -0.3 is 5.73 Å². The monoisotopic (exact) mass is 182 g/mol. The highest BCUT2D eigenvalue weighted by molar-refractivity contribution is 5.85. The van der Waals surface area contributed by atoms with Crippen LogP contribution >= 0.6 is 0 Å². The highest BCUT2D eigenvalue weighted by atomic mass is 14.9. The molecule has 0 atom stereocenters. The van der Waals surface area contributed by atoms with Crippen LogP contribution in [0, 0.1) is 5.92 Å². The van der Waals surface area contributed by atoms with Gasteiger partial charge in [-0.15, -0.1) is 0 Å². The maximum atomic E-state index is 5.94. The van der Waals surface area contributed by atoms with Crippen LogP contribution in [0.2, 0.25) is 0 Å². The van der Waals surface area contributed by atoms with Gasteiger partial charge in [0.15, 0.2) is 0 Å². The third kappa shape index (κ3) is 2.45. The summed E-state index contributed by atoms with van der Waals surface area (Å²) < 4.78 is 0. The van der Waals surface area contributed by atoms with Crippen molar-refractivity contribution in [2.45, 2.75) is 58.4 Å². The summed E-state index contributed by atoms with van der Waals surface area (Å²) in [6, 6.07) is 0.